The summed E-state index contributed by atoms with van der Waals surface area (Å²) in [6, 6.07) is 12.1. The maximum atomic E-state index is 11.7. The molecule has 1 heterocycles. The maximum absolute atomic E-state index is 11.7. The van der Waals surface area contributed by atoms with Crippen LogP contribution < -0.4 is 10.1 Å². The molecular weight excluding hydrogens is 299 g/mol. The molecule has 18 heavy (non-hydrogen) atoms. The van der Waals surface area contributed by atoms with E-state index in [0.717, 1.165) is 11.0 Å². The molecule has 0 bridgehead atoms. The van der Waals surface area contributed by atoms with Crippen molar-refractivity contribution in [1.82, 2.24) is 9.97 Å². The molecular formula is C13H7ClCuN2O. The monoisotopic (exact) mass is 305 g/mol. The van der Waals surface area contributed by atoms with Crippen LogP contribution in [0.3, 0.4) is 0 Å². The Bertz CT molecular complexity index is 663. The van der Waals surface area contributed by atoms with Gasteiger partial charge in [-0.05, 0) is 28.7 Å². The molecule has 0 fully saturated rings. The second kappa shape index (κ2) is 5.02. The van der Waals surface area contributed by atoms with Gasteiger partial charge >= 0.3 is 17.1 Å². The Morgan fingerprint density at radius 1 is 1.11 bits per heavy atom. The first-order valence-corrected chi connectivity index (χ1v) is 5.48. The van der Waals surface area contributed by atoms with E-state index in [1.165, 1.54) is 6.07 Å². The van der Waals surface area contributed by atoms with Crippen molar-refractivity contribution in [3.05, 3.63) is 47.5 Å². The molecule has 0 atom stereocenters. The molecule has 2 aromatic carbocycles. The molecule has 1 aromatic heterocycles. The van der Waals surface area contributed by atoms with E-state index in [4.69, 9.17) is 11.6 Å². The molecule has 0 amide bonds. The zero-order valence-corrected chi connectivity index (χ0v) is 10.7. The summed E-state index contributed by atoms with van der Waals surface area (Å²) in [4.78, 5) is 8.63. The number of halogens is 1. The largest absolute Gasteiger partial charge is 2.00 e. The van der Waals surface area contributed by atoms with Crippen molar-refractivity contribution >= 4 is 22.6 Å². The van der Waals surface area contributed by atoms with Gasteiger partial charge in [-0.3, -0.25) is 0 Å². The third-order valence-electron chi connectivity index (χ3n) is 2.52. The molecule has 0 saturated heterocycles. The van der Waals surface area contributed by atoms with E-state index in [-0.39, 0.29) is 22.8 Å². The van der Waals surface area contributed by atoms with Crippen molar-refractivity contribution in [2.24, 2.45) is 0 Å². The van der Waals surface area contributed by atoms with Crippen LogP contribution in [0.5, 0.6) is 5.75 Å². The SMILES string of the molecule is [Cu+2].[O-]c1ccc(Cl)cc1-c1nc2ccccc2[n-]1. The van der Waals surface area contributed by atoms with Crippen LogP contribution in [-0.2, 0) is 17.1 Å². The Kier molecular flexibility index (Phi) is 3.62. The quantitative estimate of drug-likeness (QED) is 0.649. The maximum Gasteiger partial charge on any atom is 2.00 e. The minimum atomic E-state index is -0.121. The molecule has 0 saturated carbocycles. The number of nitrogens with zero attached hydrogens (tertiary/aromatic N) is 2. The van der Waals surface area contributed by atoms with Gasteiger partial charge in [-0.15, -0.1) is 5.75 Å². The van der Waals surface area contributed by atoms with E-state index in [2.05, 4.69) is 9.97 Å². The molecule has 3 aromatic rings. The molecule has 0 unspecified atom stereocenters. The minimum Gasteiger partial charge on any atom is -0.872 e. The molecule has 1 radical (unpaired) electrons. The van der Waals surface area contributed by atoms with Crippen molar-refractivity contribution in [3.63, 3.8) is 0 Å². The number of fused-ring (bicyclic) bond motifs is 1. The molecule has 5 heteroatoms. The van der Waals surface area contributed by atoms with E-state index in [1.807, 2.05) is 24.3 Å². The Balaban J connectivity index is 0.00000120. The van der Waals surface area contributed by atoms with Crippen LogP contribution in [0.1, 0.15) is 0 Å². The average Bonchev–Trinajstić information content (AvgIpc) is 2.75. The third kappa shape index (κ3) is 2.23. The fraction of sp³-hybridized carbons (Fsp3) is 0. The molecule has 3 nitrogen and oxygen atoms in total. The predicted octanol–water partition coefficient (Wildman–Crippen LogP) is 2.58. The first-order chi connectivity index (χ1) is 8.24. The molecule has 0 N–H and O–H groups in total. The number of rotatable bonds is 1. The number of aromatic nitrogens is 2. The summed E-state index contributed by atoms with van der Waals surface area (Å²) in [6.45, 7) is 0. The Morgan fingerprint density at radius 2 is 1.89 bits per heavy atom. The van der Waals surface area contributed by atoms with Gasteiger partial charge in [0, 0.05) is 5.02 Å². The second-order valence-corrected chi connectivity index (χ2v) is 4.11. The number of para-hydroxylation sites is 2. The number of hydrogen-bond donors (Lipinski definition) is 0. The standard InChI is InChI=1S/C13H8ClN2O.Cu/c14-8-5-6-12(17)9(7-8)13-15-10-3-1-2-4-11(10)16-13;/h1-7H,(H-,15,16,17);/q-1;+2/p-1. The normalized spacial score (nSPS) is 10.3. The van der Waals surface area contributed by atoms with Crippen LogP contribution in [0, 0.1) is 0 Å². The second-order valence-electron chi connectivity index (χ2n) is 3.68. The van der Waals surface area contributed by atoms with Crippen LogP contribution >= 0.6 is 11.6 Å². The smallest absolute Gasteiger partial charge is 0.872 e. The summed E-state index contributed by atoms with van der Waals surface area (Å²) in [5, 5.41) is 12.2. The van der Waals surface area contributed by atoms with Gasteiger partial charge in [-0.2, -0.15) is 0 Å². The van der Waals surface area contributed by atoms with Gasteiger partial charge in [0.2, 0.25) is 0 Å². The number of benzene rings is 2. The van der Waals surface area contributed by atoms with Crippen LogP contribution in [0.2, 0.25) is 5.02 Å². The summed E-state index contributed by atoms with van der Waals surface area (Å²) < 4.78 is 0. The number of imidazole rings is 1. The van der Waals surface area contributed by atoms with Gasteiger partial charge in [-0.25, -0.2) is 0 Å². The van der Waals surface area contributed by atoms with Crippen molar-refractivity contribution in [2.45, 2.75) is 0 Å². The molecule has 0 aliphatic carbocycles. The van der Waals surface area contributed by atoms with E-state index in [0.29, 0.717) is 16.4 Å². The molecule has 0 aliphatic rings. The van der Waals surface area contributed by atoms with E-state index in [9.17, 15) is 5.11 Å². The van der Waals surface area contributed by atoms with Gasteiger partial charge in [-0.1, -0.05) is 47.8 Å². The molecule has 0 aliphatic heterocycles. The first kappa shape index (κ1) is 13.0. The summed E-state index contributed by atoms with van der Waals surface area (Å²) in [5.74, 6) is 0.309. The van der Waals surface area contributed by atoms with Crippen molar-refractivity contribution in [2.75, 3.05) is 0 Å². The Labute approximate surface area is 119 Å². The zero-order chi connectivity index (χ0) is 11.8. The van der Waals surface area contributed by atoms with Gasteiger partial charge in [0.15, 0.2) is 0 Å². The van der Waals surface area contributed by atoms with Crippen molar-refractivity contribution in [3.8, 4) is 17.1 Å². The van der Waals surface area contributed by atoms with Gasteiger partial charge in [0.05, 0.1) is 0 Å². The Morgan fingerprint density at radius 3 is 2.67 bits per heavy atom. The minimum absolute atomic E-state index is 0. The summed E-state index contributed by atoms with van der Waals surface area (Å²) >= 11 is 5.87. The van der Waals surface area contributed by atoms with Gasteiger partial charge in [0.25, 0.3) is 0 Å². The Hall–Kier alpha value is -1.48. The van der Waals surface area contributed by atoms with Crippen LogP contribution in [0.15, 0.2) is 42.5 Å². The van der Waals surface area contributed by atoms with Crippen LogP contribution in [0.4, 0.5) is 0 Å². The van der Waals surface area contributed by atoms with E-state index < -0.39 is 0 Å². The van der Waals surface area contributed by atoms with Gasteiger partial charge in [0.1, 0.15) is 0 Å². The first-order valence-electron chi connectivity index (χ1n) is 5.10. The summed E-state index contributed by atoms with van der Waals surface area (Å²) in [6.07, 6.45) is 0. The third-order valence-corrected chi connectivity index (χ3v) is 2.75. The van der Waals surface area contributed by atoms with E-state index >= 15 is 0 Å². The fourth-order valence-electron chi connectivity index (χ4n) is 1.70. The molecule has 3 rings (SSSR count). The van der Waals surface area contributed by atoms with Crippen molar-refractivity contribution < 1.29 is 22.2 Å². The molecule has 93 valence electrons. The zero-order valence-electron chi connectivity index (χ0n) is 9.02. The van der Waals surface area contributed by atoms with Crippen molar-refractivity contribution in [1.29, 1.82) is 0 Å². The average molecular weight is 306 g/mol. The summed E-state index contributed by atoms with van der Waals surface area (Å²) in [5.41, 5.74) is 2.00. The van der Waals surface area contributed by atoms with E-state index in [1.54, 1.807) is 12.1 Å². The number of hydrogen-bond acceptors (Lipinski definition) is 2. The summed E-state index contributed by atoms with van der Waals surface area (Å²) in [7, 11) is 0. The predicted molar refractivity (Wildman–Crippen MR) is 65.0 cm³/mol. The van der Waals surface area contributed by atoms with Crippen LogP contribution in [-0.4, -0.2) is 4.98 Å². The molecule has 0 spiro atoms. The van der Waals surface area contributed by atoms with Crippen LogP contribution in [0.25, 0.3) is 22.4 Å². The van der Waals surface area contributed by atoms with Gasteiger partial charge < -0.3 is 15.1 Å². The topological polar surface area (TPSA) is 50.1 Å². The fourth-order valence-corrected chi connectivity index (χ4v) is 1.88.